The van der Waals surface area contributed by atoms with E-state index in [-0.39, 0.29) is 25.9 Å². The SMILES string of the molecule is CC/C=C\C/C=C\C/C=C\CCCCCCCC(=O)OCC(COP(=O)(O)OCC(CO)OC(=O)CCCCCCCCCCCCCCCCC)OC(=O)CCCCCCCC/C=C\C/C=C\C/C=C\CCCCC. The van der Waals surface area contributed by atoms with Gasteiger partial charge in [-0.15, -0.1) is 0 Å². The summed E-state index contributed by atoms with van der Waals surface area (Å²) in [6, 6.07) is 0. The average Bonchev–Trinajstić information content (AvgIpc) is 3.41. The highest BCUT2D eigenvalue weighted by molar-refractivity contribution is 7.47. The van der Waals surface area contributed by atoms with Gasteiger partial charge in [0.2, 0.25) is 0 Å². The molecule has 0 aliphatic rings. The first-order chi connectivity index (χ1) is 37.2. The molecule has 0 aliphatic heterocycles. The summed E-state index contributed by atoms with van der Waals surface area (Å²) in [6.07, 6.45) is 65.6. The fourth-order valence-electron chi connectivity index (χ4n) is 8.44. The van der Waals surface area contributed by atoms with Crippen molar-refractivity contribution in [3.05, 3.63) is 72.9 Å². The summed E-state index contributed by atoms with van der Waals surface area (Å²) in [6.45, 7) is 4.51. The fourth-order valence-corrected chi connectivity index (χ4v) is 9.22. The quantitative estimate of drug-likeness (QED) is 0.0197. The van der Waals surface area contributed by atoms with Crippen LogP contribution in [0.5, 0.6) is 0 Å². The smallest absolute Gasteiger partial charge is 0.462 e. The number of allylic oxidation sites excluding steroid dienone is 12. The summed E-state index contributed by atoms with van der Waals surface area (Å²) in [7, 11) is -4.76. The molecule has 12 heteroatoms. The Hall–Kier alpha value is -3.08. The zero-order valence-electron chi connectivity index (χ0n) is 48.7. The molecule has 0 aromatic carbocycles. The van der Waals surface area contributed by atoms with Gasteiger partial charge in [0.1, 0.15) is 12.7 Å². The van der Waals surface area contributed by atoms with Gasteiger partial charge in [0.05, 0.1) is 19.8 Å². The van der Waals surface area contributed by atoms with Gasteiger partial charge in [-0.25, -0.2) is 4.57 Å². The minimum Gasteiger partial charge on any atom is -0.462 e. The van der Waals surface area contributed by atoms with Crippen molar-refractivity contribution in [1.29, 1.82) is 0 Å². The van der Waals surface area contributed by atoms with Crippen molar-refractivity contribution in [2.45, 2.75) is 290 Å². The summed E-state index contributed by atoms with van der Waals surface area (Å²) in [5, 5.41) is 9.84. The van der Waals surface area contributed by atoms with E-state index in [1.54, 1.807) is 0 Å². The fraction of sp³-hybridized carbons (Fsp3) is 0.766. The van der Waals surface area contributed by atoms with Crippen molar-refractivity contribution >= 4 is 25.7 Å². The number of esters is 3. The minimum atomic E-state index is -4.76. The van der Waals surface area contributed by atoms with E-state index in [1.165, 1.54) is 96.3 Å². The average molecular weight is 1090 g/mol. The molecule has 0 amide bonds. The standard InChI is InChI=1S/C64H113O11P/c1-4-7-10-13-16-19-22-25-28-29-30-31-34-37-40-43-46-49-52-55-64(68)75-61(57-71-62(66)53-50-47-44-41-38-35-32-26-23-20-17-14-11-8-5-2)59-73-76(69,70)72-58-60(56-65)74-63(67)54-51-48-45-42-39-36-33-27-24-21-18-15-12-9-6-3/h8,11,16-17,19-20,25-26,28,30-32,60-61,65H,4-7,9-10,12-15,18,21-24,27,29,33-59H2,1-3H3,(H,69,70)/b11-8-,19-16-,20-17-,28-25-,31-30-,32-26-. The van der Waals surface area contributed by atoms with Crippen LogP contribution < -0.4 is 0 Å². The van der Waals surface area contributed by atoms with Crippen LogP contribution in [0.4, 0.5) is 0 Å². The van der Waals surface area contributed by atoms with Gasteiger partial charge >= 0.3 is 25.7 Å². The van der Waals surface area contributed by atoms with E-state index in [1.807, 2.05) is 0 Å². The molecule has 0 bridgehead atoms. The Morgan fingerprint density at radius 3 is 1.08 bits per heavy atom. The third-order valence-corrected chi connectivity index (χ3v) is 14.1. The van der Waals surface area contributed by atoms with Gasteiger partial charge in [-0.2, -0.15) is 0 Å². The van der Waals surface area contributed by atoms with Crippen LogP contribution in [0, 0.1) is 0 Å². The monoisotopic (exact) mass is 1090 g/mol. The Kier molecular flexibility index (Phi) is 55.7. The van der Waals surface area contributed by atoms with Crippen LogP contribution >= 0.6 is 7.82 Å². The van der Waals surface area contributed by atoms with Gasteiger partial charge in [0.15, 0.2) is 6.10 Å². The molecule has 0 fully saturated rings. The number of phosphoric ester groups is 1. The predicted molar refractivity (Wildman–Crippen MR) is 316 cm³/mol. The Morgan fingerprint density at radius 1 is 0.382 bits per heavy atom. The molecular weight excluding hydrogens is 976 g/mol. The van der Waals surface area contributed by atoms with Gasteiger partial charge in [-0.1, -0.05) is 241 Å². The summed E-state index contributed by atoms with van der Waals surface area (Å²) in [5.41, 5.74) is 0. The maximum atomic E-state index is 12.9. The predicted octanol–water partition coefficient (Wildman–Crippen LogP) is 18.5. The van der Waals surface area contributed by atoms with Crippen molar-refractivity contribution in [2.75, 3.05) is 26.4 Å². The number of aliphatic hydroxyl groups is 1. The van der Waals surface area contributed by atoms with Crippen LogP contribution in [0.25, 0.3) is 0 Å². The molecule has 0 saturated carbocycles. The molecular formula is C64H113O11P. The molecule has 0 aromatic heterocycles. The van der Waals surface area contributed by atoms with Crippen LogP contribution in [0.2, 0.25) is 0 Å². The number of rotatable bonds is 57. The molecule has 0 aliphatic carbocycles. The Bertz CT molecular complexity index is 1550. The van der Waals surface area contributed by atoms with Crippen molar-refractivity contribution in [2.24, 2.45) is 0 Å². The molecule has 3 unspecified atom stereocenters. The molecule has 440 valence electrons. The zero-order chi connectivity index (χ0) is 55.5. The zero-order valence-corrected chi connectivity index (χ0v) is 49.6. The first-order valence-electron chi connectivity index (χ1n) is 30.8. The molecule has 0 heterocycles. The van der Waals surface area contributed by atoms with Crippen molar-refractivity contribution < 1.29 is 52.2 Å². The number of phosphoric acid groups is 1. The highest BCUT2D eigenvalue weighted by Crippen LogP contribution is 2.43. The molecule has 3 atom stereocenters. The number of hydrogen-bond donors (Lipinski definition) is 2. The van der Waals surface area contributed by atoms with Crippen molar-refractivity contribution in [1.82, 2.24) is 0 Å². The summed E-state index contributed by atoms with van der Waals surface area (Å²) in [4.78, 5) is 48.7. The van der Waals surface area contributed by atoms with E-state index < -0.39 is 57.8 Å². The van der Waals surface area contributed by atoms with E-state index in [2.05, 4.69) is 93.7 Å². The second-order valence-corrected chi connectivity index (χ2v) is 21.9. The Labute approximate surface area is 465 Å². The van der Waals surface area contributed by atoms with Crippen LogP contribution in [0.1, 0.15) is 278 Å². The highest BCUT2D eigenvalue weighted by Gasteiger charge is 2.28. The molecule has 11 nitrogen and oxygen atoms in total. The van der Waals surface area contributed by atoms with E-state index in [0.717, 1.165) is 122 Å². The lowest BCUT2D eigenvalue weighted by atomic mass is 10.0. The molecule has 0 saturated heterocycles. The topological polar surface area (TPSA) is 155 Å². The van der Waals surface area contributed by atoms with E-state index in [4.69, 9.17) is 23.3 Å². The van der Waals surface area contributed by atoms with Crippen molar-refractivity contribution in [3.63, 3.8) is 0 Å². The molecule has 0 spiro atoms. The highest BCUT2D eigenvalue weighted by atomic mass is 31.2. The second-order valence-electron chi connectivity index (χ2n) is 20.5. The number of carbonyl (C=O) groups excluding carboxylic acids is 3. The van der Waals surface area contributed by atoms with Crippen LogP contribution in [0.15, 0.2) is 72.9 Å². The second kappa shape index (κ2) is 58.1. The number of hydrogen-bond acceptors (Lipinski definition) is 10. The Balaban J connectivity index is 4.74. The van der Waals surface area contributed by atoms with Gasteiger partial charge in [-0.3, -0.25) is 23.4 Å². The first kappa shape index (κ1) is 72.9. The minimum absolute atomic E-state index is 0.148. The summed E-state index contributed by atoms with van der Waals surface area (Å²) < 4.78 is 39.6. The molecule has 0 radical (unpaired) electrons. The number of aliphatic hydroxyl groups excluding tert-OH is 1. The number of unbranched alkanes of at least 4 members (excludes halogenated alkanes) is 28. The maximum absolute atomic E-state index is 12.9. The van der Waals surface area contributed by atoms with E-state index >= 15 is 0 Å². The third kappa shape index (κ3) is 55.7. The molecule has 76 heavy (non-hydrogen) atoms. The maximum Gasteiger partial charge on any atom is 0.472 e. The van der Waals surface area contributed by atoms with Crippen LogP contribution in [-0.2, 0) is 42.2 Å². The molecule has 0 rings (SSSR count). The normalized spacial score (nSPS) is 13.8. The summed E-state index contributed by atoms with van der Waals surface area (Å²) in [5.74, 6) is -1.49. The summed E-state index contributed by atoms with van der Waals surface area (Å²) >= 11 is 0. The van der Waals surface area contributed by atoms with Crippen molar-refractivity contribution in [3.8, 4) is 0 Å². The van der Waals surface area contributed by atoms with Crippen LogP contribution in [-0.4, -0.2) is 66.5 Å². The van der Waals surface area contributed by atoms with Gasteiger partial charge < -0.3 is 24.2 Å². The van der Waals surface area contributed by atoms with Gasteiger partial charge in [-0.05, 0) is 89.9 Å². The van der Waals surface area contributed by atoms with Gasteiger partial charge in [0, 0.05) is 19.3 Å². The largest absolute Gasteiger partial charge is 0.472 e. The van der Waals surface area contributed by atoms with Gasteiger partial charge in [0.25, 0.3) is 0 Å². The lowest BCUT2D eigenvalue weighted by Gasteiger charge is -2.21. The van der Waals surface area contributed by atoms with Crippen LogP contribution in [0.3, 0.4) is 0 Å². The van der Waals surface area contributed by atoms with E-state index in [9.17, 15) is 28.9 Å². The lowest BCUT2D eigenvalue weighted by Crippen LogP contribution is -2.30. The first-order valence-corrected chi connectivity index (χ1v) is 32.3. The number of carbonyl (C=O) groups is 3. The lowest BCUT2D eigenvalue weighted by molar-refractivity contribution is -0.161. The number of ether oxygens (including phenoxy) is 3. The van der Waals surface area contributed by atoms with E-state index in [0.29, 0.717) is 19.3 Å². The molecule has 2 N–H and O–H groups in total. The molecule has 0 aromatic rings. The third-order valence-electron chi connectivity index (χ3n) is 13.1. The Morgan fingerprint density at radius 2 is 0.684 bits per heavy atom.